The number of ketones is 1. The lowest BCUT2D eigenvalue weighted by Gasteiger charge is -2.34. The molecule has 10 nitrogen and oxygen atoms in total. The number of benzene rings is 1. The predicted octanol–water partition coefficient (Wildman–Crippen LogP) is 3.29. The number of aromatic nitrogens is 5. The summed E-state index contributed by atoms with van der Waals surface area (Å²) in [6, 6.07) is 12.8. The number of pyridine rings is 1. The summed E-state index contributed by atoms with van der Waals surface area (Å²) in [5, 5.41) is 0.644. The first kappa shape index (κ1) is 24.2. The molecule has 1 aliphatic rings. The first-order valence-electron chi connectivity index (χ1n) is 12.6. The third-order valence-corrected chi connectivity index (χ3v) is 6.96. The van der Waals surface area contributed by atoms with E-state index in [2.05, 4.69) is 19.9 Å². The summed E-state index contributed by atoms with van der Waals surface area (Å²) < 4.78 is 1.80. The molecule has 2 amide bonds. The second-order valence-electron chi connectivity index (χ2n) is 9.38. The maximum Gasteiger partial charge on any atom is 0.295 e. The number of carbonyl (C=O) groups is 3. The lowest BCUT2D eigenvalue weighted by Crippen LogP contribution is -2.52. The van der Waals surface area contributed by atoms with Crippen molar-refractivity contribution < 1.29 is 14.4 Å². The molecule has 0 radical (unpaired) electrons. The number of hydrogen-bond donors (Lipinski definition) is 1. The highest BCUT2D eigenvalue weighted by molar-refractivity contribution is 6.45. The van der Waals surface area contributed by atoms with Crippen LogP contribution < -0.4 is 0 Å². The molecule has 0 saturated carbocycles. The standard InChI is InChI=1S/C29H25N7O3/c1-19-15-30-24(21-16-32-29(33-17-21)36-9-5-6-10-36)25-23(19)22(18-31-25)26(37)28(39)35-13-11-34(12-14-35)27(38)20-7-3-2-4-8-20/h2-10,15-18,31H,11-14H2,1H3. The van der Waals surface area contributed by atoms with Gasteiger partial charge < -0.3 is 14.8 Å². The Labute approximate surface area is 223 Å². The zero-order valence-electron chi connectivity index (χ0n) is 21.2. The van der Waals surface area contributed by atoms with Crippen molar-refractivity contribution in [3.63, 3.8) is 0 Å². The summed E-state index contributed by atoms with van der Waals surface area (Å²) >= 11 is 0. The molecule has 0 atom stereocenters. The van der Waals surface area contributed by atoms with Crippen molar-refractivity contribution in [2.24, 2.45) is 0 Å². The average Bonchev–Trinajstić information content (AvgIpc) is 3.69. The summed E-state index contributed by atoms with van der Waals surface area (Å²) in [5.41, 5.74) is 3.59. The molecule has 0 bridgehead atoms. The lowest BCUT2D eigenvalue weighted by molar-refractivity contribution is -0.127. The molecule has 6 rings (SSSR count). The summed E-state index contributed by atoms with van der Waals surface area (Å²) in [5.74, 6) is -0.722. The van der Waals surface area contributed by atoms with Crippen LogP contribution in [0.4, 0.5) is 0 Å². The van der Waals surface area contributed by atoms with Gasteiger partial charge in [-0.25, -0.2) is 9.97 Å². The third-order valence-electron chi connectivity index (χ3n) is 6.96. The van der Waals surface area contributed by atoms with E-state index in [1.807, 2.05) is 49.6 Å². The van der Waals surface area contributed by atoms with Crippen LogP contribution in [0.25, 0.3) is 28.1 Å². The minimum absolute atomic E-state index is 0.0771. The van der Waals surface area contributed by atoms with Crippen LogP contribution >= 0.6 is 0 Å². The molecule has 194 valence electrons. The summed E-state index contributed by atoms with van der Waals surface area (Å²) in [7, 11) is 0. The number of nitrogens with zero attached hydrogens (tertiary/aromatic N) is 6. The van der Waals surface area contributed by atoms with E-state index < -0.39 is 11.7 Å². The molecule has 4 aromatic heterocycles. The fourth-order valence-electron chi connectivity index (χ4n) is 4.89. The van der Waals surface area contributed by atoms with Crippen molar-refractivity contribution >= 4 is 28.5 Å². The van der Waals surface area contributed by atoms with E-state index in [9.17, 15) is 14.4 Å². The molecule has 1 aromatic carbocycles. The van der Waals surface area contributed by atoms with Gasteiger partial charge in [0.15, 0.2) is 0 Å². The number of nitrogens with one attached hydrogen (secondary N) is 1. The Bertz CT molecular complexity index is 1670. The number of H-pyrrole nitrogens is 1. The number of amides is 2. The summed E-state index contributed by atoms with van der Waals surface area (Å²) in [6.45, 7) is 3.18. The van der Waals surface area contributed by atoms with Gasteiger partial charge in [-0.2, -0.15) is 0 Å². The fourth-order valence-corrected chi connectivity index (χ4v) is 4.89. The van der Waals surface area contributed by atoms with Crippen LogP contribution in [0.2, 0.25) is 0 Å². The molecular weight excluding hydrogens is 494 g/mol. The van der Waals surface area contributed by atoms with Crippen LogP contribution in [-0.4, -0.2) is 78.1 Å². The van der Waals surface area contributed by atoms with E-state index in [0.29, 0.717) is 65.4 Å². The minimum atomic E-state index is -0.594. The predicted molar refractivity (Wildman–Crippen MR) is 144 cm³/mol. The molecule has 10 heteroatoms. The first-order chi connectivity index (χ1) is 19.0. The second kappa shape index (κ2) is 9.97. The first-order valence-corrected chi connectivity index (χ1v) is 12.6. The number of hydrogen-bond acceptors (Lipinski definition) is 6. The molecule has 1 aliphatic heterocycles. The van der Waals surface area contributed by atoms with Crippen molar-refractivity contribution in [3.05, 3.63) is 96.3 Å². The molecule has 5 heterocycles. The normalized spacial score (nSPS) is 13.6. The average molecular weight is 520 g/mol. The molecular formula is C29H25N7O3. The Morgan fingerprint density at radius 2 is 1.49 bits per heavy atom. The van der Waals surface area contributed by atoms with Crippen molar-refractivity contribution in [1.82, 2.24) is 34.3 Å². The Kier molecular flexibility index (Phi) is 6.20. The highest BCUT2D eigenvalue weighted by atomic mass is 16.2. The molecule has 1 N–H and O–H groups in total. The largest absolute Gasteiger partial charge is 0.359 e. The van der Waals surface area contributed by atoms with Crippen LogP contribution in [0.1, 0.15) is 26.3 Å². The molecule has 39 heavy (non-hydrogen) atoms. The summed E-state index contributed by atoms with van der Waals surface area (Å²) in [4.78, 5) is 59.2. The van der Waals surface area contributed by atoms with E-state index in [4.69, 9.17) is 0 Å². The minimum Gasteiger partial charge on any atom is -0.359 e. The Morgan fingerprint density at radius 3 is 2.18 bits per heavy atom. The van der Waals surface area contributed by atoms with Crippen molar-refractivity contribution in [2.45, 2.75) is 6.92 Å². The van der Waals surface area contributed by atoms with Crippen LogP contribution in [0.3, 0.4) is 0 Å². The molecule has 1 saturated heterocycles. The SMILES string of the molecule is Cc1cnc(-c2cnc(-n3cccc3)nc2)c2[nH]cc(C(=O)C(=O)N3CCN(C(=O)c4ccccc4)CC3)c12. The second-order valence-corrected chi connectivity index (χ2v) is 9.38. The smallest absolute Gasteiger partial charge is 0.295 e. The van der Waals surface area contributed by atoms with E-state index in [1.54, 1.807) is 46.4 Å². The van der Waals surface area contributed by atoms with Gasteiger partial charge in [0.25, 0.3) is 17.6 Å². The van der Waals surface area contributed by atoms with E-state index in [-0.39, 0.29) is 5.91 Å². The van der Waals surface area contributed by atoms with Crippen molar-refractivity contribution in [1.29, 1.82) is 0 Å². The molecule has 1 fully saturated rings. The van der Waals surface area contributed by atoms with E-state index >= 15 is 0 Å². The van der Waals surface area contributed by atoms with Gasteiger partial charge >= 0.3 is 0 Å². The van der Waals surface area contributed by atoms with Gasteiger partial charge in [-0.3, -0.25) is 23.9 Å². The number of rotatable bonds is 5. The van der Waals surface area contributed by atoms with E-state index in [0.717, 1.165) is 5.56 Å². The maximum atomic E-state index is 13.4. The van der Waals surface area contributed by atoms with Crippen LogP contribution in [-0.2, 0) is 4.79 Å². The van der Waals surface area contributed by atoms with Gasteiger partial charge in [0.1, 0.15) is 0 Å². The zero-order valence-corrected chi connectivity index (χ0v) is 21.2. The van der Waals surface area contributed by atoms with Crippen molar-refractivity contribution in [3.8, 4) is 17.2 Å². The van der Waals surface area contributed by atoms with Crippen LogP contribution in [0.5, 0.6) is 0 Å². The van der Waals surface area contributed by atoms with Gasteiger partial charge in [0.05, 0.1) is 16.8 Å². The third kappa shape index (κ3) is 4.46. The Hall–Kier alpha value is -5.12. The molecule has 0 unspecified atom stereocenters. The number of carbonyl (C=O) groups excluding carboxylic acids is 3. The highest BCUT2D eigenvalue weighted by Gasteiger charge is 2.31. The van der Waals surface area contributed by atoms with Gasteiger partial charge in [0.2, 0.25) is 5.95 Å². The van der Waals surface area contributed by atoms with Gasteiger partial charge in [-0.05, 0) is 36.8 Å². The zero-order chi connectivity index (χ0) is 26.9. The topological polar surface area (TPSA) is 117 Å². The van der Waals surface area contributed by atoms with Gasteiger partial charge in [-0.1, -0.05) is 18.2 Å². The number of fused-ring (bicyclic) bond motifs is 1. The fraction of sp³-hybridized carbons (Fsp3) is 0.172. The maximum absolute atomic E-state index is 13.4. The monoisotopic (exact) mass is 519 g/mol. The number of aromatic amines is 1. The molecule has 0 spiro atoms. The molecule has 5 aromatic rings. The van der Waals surface area contributed by atoms with Crippen LogP contribution in [0.15, 0.2) is 79.6 Å². The quantitative estimate of drug-likeness (QED) is 0.281. The molecule has 0 aliphatic carbocycles. The Balaban J connectivity index is 1.21. The highest BCUT2D eigenvalue weighted by Crippen LogP contribution is 2.30. The number of Topliss-reactive ketones (excluding diaryl/α,β-unsaturated/α-hetero) is 1. The Morgan fingerprint density at radius 1 is 0.821 bits per heavy atom. The lowest BCUT2D eigenvalue weighted by atomic mass is 10.0. The van der Waals surface area contributed by atoms with E-state index in [1.165, 1.54) is 4.90 Å². The summed E-state index contributed by atoms with van der Waals surface area (Å²) in [6.07, 6.45) is 10.3. The van der Waals surface area contributed by atoms with Gasteiger partial charge in [0, 0.05) is 79.9 Å². The van der Waals surface area contributed by atoms with Crippen molar-refractivity contribution in [2.75, 3.05) is 26.2 Å². The number of piperazine rings is 1. The van der Waals surface area contributed by atoms with Gasteiger partial charge in [-0.15, -0.1) is 0 Å². The van der Waals surface area contributed by atoms with Crippen LogP contribution in [0, 0.1) is 6.92 Å². The number of aryl methyl sites for hydroxylation is 1.